The number of non-ortho nitro benzene ring substituents is 1. The molecule has 0 aliphatic heterocycles. The summed E-state index contributed by atoms with van der Waals surface area (Å²) in [6.45, 7) is 1.91. The average Bonchev–Trinajstić information content (AvgIpc) is 2.43. The van der Waals surface area contributed by atoms with Crippen LogP contribution in [0.3, 0.4) is 0 Å². The maximum atomic E-state index is 12.1. The first-order valence-corrected chi connectivity index (χ1v) is 5.92. The molecule has 0 heterocycles. The molecule has 0 fully saturated rings. The molecule has 1 aromatic carbocycles. The summed E-state index contributed by atoms with van der Waals surface area (Å²) in [5.41, 5.74) is 0.502. The Labute approximate surface area is 111 Å². The fourth-order valence-electron chi connectivity index (χ4n) is 1.69. The third-order valence-electron chi connectivity index (χ3n) is 2.81. The van der Waals surface area contributed by atoms with Crippen LogP contribution in [0.15, 0.2) is 24.3 Å². The van der Waals surface area contributed by atoms with Gasteiger partial charge >= 0.3 is 0 Å². The summed E-state index contributed by atoms with van der Waals surface area (Å²) in [4.78, 5) is 23.4. The van der Waals surface area contributed by atoms with Gasteiger partial charge in [-0.15, -0.1) is 0 Å². The highest BCUT2D eigenvalue weighted by molar-refractivity contribution is 5.96. The molecule has 0 saturated heterocycles. The van der Waals surface area contributed by atoms with Crippen molar-refractivity contribution in [3.05, 3.63) is 34.4 Å². The van der Waals surface area contributed by atoms with Crippen LogP contribution >= 0.6 is 0 Å². The van der Waals surface area contributed by atoms with Crippen LogP contribution in [0, 0.1) is 27.4 Å². The summed E-state index contributed by atoms with van der Waals surface area (Å²) >= 11 is 0. The van der Waals surface area contributed by atoms with E-state index in [0.29, 0.717) is 12.1 Å². The molecule has 6 heteroatoms. The molecule has 100 valence electrons. The molecular weight excluding hydrogens is 246 g/mol. The van der Waals surface area contributed by atoms with Gasteiger partial charge in [-0.1, -0.05) is 13.3 Å². The number of carbonyl (C=O) groups excluding carboxylic acids is 1. The summed E-state index contributed by atoms with van der Waals surface area (Å²) in [5, 5.41) is 19.5. The van der Waals surface area contributed by atoms with Crippen LogP contribution in [-0.2, 0) is 4.79 Å². The van der Waals surface area contributed by atoms with Crippen LogP contribution in [0.2, 0.25) is 0 Å². The summed E-state index contributed by atoms with van der Waals surface area (Å²) in [5.74, 6) is -0.969. The Bertz CT molecular complexity index is 505. The normalized spacial score (nSPS) is 11.4. The lowest BCUT2D eigenvalue weighted by Crippen LogP contribution is -2.32. The van der Waals surface area contributed by atoms with Gasteiger partial charge in [0.1, 0.15) is 5.92 Å². The molecule has 1 amide bonds. The van der Waals surface area contributed by atoms with Gasteiger partial charge in [-0.25, -0.2) is 0 Å². The molecule has 0 aliphatic rings. The van der Waals surface area contributed by atoms with Crippen LogP contribution in [0.25, 0.3) is 0 Å². The fraction of sp³-hybridized carbons (Fsp3) is 0.385. The van der Waals surface area contributed by atoms with Gasteiger partial charge in [0.15, 0.2) is 0 Å². The van der Waals surface area contributed by atoms with Crippen molar-refractivity contribution in [3.8, 4) is 6.07 Å². The van der Waals surface area contributed by atoms with Crippen LogP contribution in [-0.4, -0.2) is 17.9 Å². The number of nitriles is 1. The molecule has 0 spiro atoms. The molecule has 0 aliphatic carbocycles. The van der Waals surface area contributed by atoms with Gasteiger partial charge in [0.25, 0.3) is 5.69 Å². The van der Waals surface area contributed by atoms with E-state index in [1.165, 1.54) is 29.2 Å². The second-order valence-electron chi connectivity index (χ2n) is 4.14. The number of anilines is 1. The summed E-state index contributed by atoms with van der Waals surface area (Å²) in [7, 11) is 1.56. The van der Waals surface area contributed by atoms with Crippen molar-refractivity contribution >= 4 is 17.3 Å². The highest BCUT2D eigenvalue weighted by atomic mass is 16.6. The molecule has 0 radical (unpaired) electrons. The van der Waals surface area contributed by atoms with Crippen LogP contribution < -0.4 is 4.90 Å². The van der Waals surface area contributed by atoms with Crippen molar-refractivity contribution < 1.29 is 9.72 Å². The second-order valence-corrected chi connectivity index (χ2v) is 4.14. The van der Waals surface area contributed by atoms with Gasteiger partial charge in [-0.05, 0) is 18.6 Å². The number of carbonyl (C=O) groups is 1. The van der Waals surface area contributed by atoms with Gasteiger partial charge in [-0.3, -0.25) is 14.9 Å². The maximum Gasteiger partial charge on any atom is 0.269 e. The number of nitrogens with zero attached hydrogens (tertiary/aromatic N) is 3. The molecule has 1 aromatic rings. The molecule has 0 saturated carbocycles. The van der Waals surface area contributed by atoms with Crippen LogP contribution in [0.1, 0.15) is 19.8 Å². The highest BCUT2D eigenvalue weighted by Gasteiger charge is 2.22. The van der Waals surface area contributed by atoms with E-state index in [-0.39, 0.29) is 11.6 Å². The number of hydrogen-bond acceptors (Lipinski definition) is 4. The monoisotopic (exact) mass is 261 g/mol. The van der Waals surface area contributed by atoms with E-state index >= 15 is 0 Å². The first-order valence-electron chi connectivity index (χ1n) is 5.92. The van der Waals surface area contributed by atoms with Gasteiger partial charge in [0, 0.05) is 24.9 Å². The Morgan fingerprint density at radius 2 is 2.05 bits per heavy atom. The summed E-state index contributed by atoms with van der Waals surface area (Å²) in [6, 6.07) is 7.64. The van der Waals surface area contributed by atoms with Crippen molar-refractivity contribution in [2.75, 3.05) is 11.9 Å². The standard InChI is InChI=1S/C13H15N3O3/c1-3-4-10(9-14)13(17)15(2)11-5-7-12(8-6-11)16(18)19/h5-8,10H,3-4H2,1-2H3. The first kappa shape index (κ1) is 14.6. The van der Waals surface area contributed by atoms with E-state index in [2.05, 4.69) is 0 Å². The number of benzene rings is 1. The SMILES string of the molecule is CCCC(C#N)C(=O)N(C)c1ccc([N+](=O)[O-])cc1. The molecule has 0 N–H and O–H groups in total. The average molecular weight is 261 g/mol. The molecule has 6 nitrogen and oxygen atoms in total. The smallest absolute Gasteiger partial charge is 0.269 e. The molecule has 19 heavy (non-hydrogen) atoms. The summed E-state index contributed by atoms with van der Waals surface area (Å²) in [6.07, 6.45) is 1.25. The Kier molecular flexibility index (Phi) is 5.01. The van der Waals surface area contributed by atoms with Gasteiger partial charge in [-0.2, -0.15) is 5.26 Å². The summed E-state index contributed by atoms with van der Waals surface area (Å²) < 4.78 is 0. The lowest BCUT2D eigenvalue weighted by Gasteiger charge is -2.19. The minimum absolute atomic E-state index is 0.0324. The van der Waals surface area contributed by atoms with Gasteiger partial charge < -0.3 is 4.90 Å². The quantitative estimate of drug-likeness (QED) is 0.601. The third-order valence-corrected chi connectivity index (χ3v) is 2.81. The largest absolute Gasteiger partial charge is 0.314 e. The van der Waals surface area contributed by atoms with Crippen molar-refractivity contribution in [2.24, 2.45) is 5.92 Å². The molecular formula is C13H15N3O3. The third kappa shape index (κ3) is 3.52. The molecule has 0 aromatic heterocycles. The maximum absolute atomic E-state index is 12.1. The topological polar surface area (TPSA) is 87.2 Å². The second kappa shape index (κ2) is 6.50. The Morgan fingerprint density at radius 1 is 1.47 bits per heavy atom. The highest BCUT2D eigenvalue weighted by Crippen LogP contribution is 2.20. The first-order chi connectivity index (χ1) is 9.01. The molecule has 1 unspecified atom stereocenters. The number of amides is 1. The van der Waals surface area contributed by atoms with Crippen LogP contribution in [0.4, 0.5) is 11.4 Å². The zero-order valence-electron chi connectivity index (χ0n) is 10.9. The van der Waals surface area contributed by atoms with Crippen LogP contribution in [0.5, 0.6) is 0 Å². The molecule has 1 atom stereocenters. The van der Waals surface area contributed by atoms with Crippen molar-refractivity contribution in [3.63, 3.8) is 0 Å². The van der Waals surface area contributed by atoms with E-state index in [1.54, 1.807) is 7.05 Å². The van der Waals surface area contributed by atoms with Gasteiger partial charge in [0.05, 0.1) is 11.0 Å². The van der Waals surface area contributed by atoms with Gasteiger partial charge in [0.2, 0.25) is 5.91 Å². The van der Waals surface area contributed by atoms with Crippen molar-refractivity contribution in [1.29, 1.82) is 5.26 Å². The Hall–Kier alpha value is -2.42. The lowest BCUT2D eigenvalue weighted by molar-refractivity contribution is -0.384. The number of hydrogen-bond donors (Lipinski definition) is 0. The number of nitro benzene ring substituents is 1. The van der Waals surface area contributed by atoms with Crippen molar-refractivity contribution in [1.82, 2.24) is 0 Å². The zero-order valence-corrected chi connectivity index (χ0v) is 10.9. The Balaban J connectivity index is 2.87. The Morgan fingerprint density at radius 3 is 2.47 bits per heavy atom. The predicted octanol–water partition coefficient (Wildman–Crippen LogP) is 2.50. The lowest BCUT2D eigenvalue weighted by atomic mass is 10.0. The van der Waals surface area contributed by atoms with E-state index in [1.807, 2.05) is 13.0 Å². The molecule has 1 rings (SSSR count). The predicted molar refractivity (Wildman–Crippen MR) is 70.5 cm³/mol. The van der Waals surface area contributed by atoms with E-state index in [4.69, 9.17) is 5.26 Å². The number of rotatable bonds is 5. The minimum Gasteiger partial charge on any atom is -0.314 e. The van der Waals surface area contributed by atoms with Crippen molar-refractivity contribution in [2.45, 2.75) is 19.8 Å². The van der Waals surface area contributed by atoms with E-state index in [9.17, 15) is 14.9 Å². The van der Waals surface area contributed by atoms with E-state index in [0.717, 1.165) is 6.42 Å². The minimum atomic E-state index is -0.676. The zero-order chi connectivity index (χ0) is 14.4. The fourth-order valence-corrected chi connectivity index (χ4v) is 1.69. The number of nitro groups is 1. The molecule has 0 bridgehead atoms. The van der Waals surface area contributed by atoms with E-state index < -0.39 is 10.8 Å².